The number of rotatable bonds is 3. The van der Waals surface area contributed by atoms with Crippen molar-refractivity contribution in [2.75, 3.05) is 12.4 Å². The summed E-state index contributed by atoms with van der Waals surface area (Å²) in [6.45, 7) is 2.04. The molecule has 0 spiro atoms. The van der Waals surface area contributed by atoms with Crippen LogP contribution in [0.4, 0.5) is 5.69 Å². The van der Waals surface area contributed by atoms with Crippen LogP contribution in [0.5, 0.6) is 5.75 Å². The Morgan fingerprint density at radius 2 is 2.05 bits per heavy atom. The van der Waals surface area contributed by atoms with E-state index in [0.717, 1.165) is 32.6 Å². The number of ether oxygens (including phenoxy) is 1. The van der Waals surface area contributed by atoms with Crippen molar-refractivity contribution in [3.8, 4) is 5.75 Å². The van der Waals surface area contributed by atoms with Crippen molar-refractivity contribution in [2.24, 2.45) is 0 Å². The topological polar surface area (TPSA) is 38.3 Å². The molecule has 0 saturated heterocycles. The fourth-order valence-electron chi connectivity index (χ4n) is 2.77. The van der Waals surface area contributed by atoms with Gasteiger partial charge in [0.15, 0.2) is 0 Å². The lowest BCUT2D eigenvalue weighted by Crippen LogP contribution is -2.14. The quantitative estimate of drug-likeness (QED) is 0.911. The van der Waals surface area contributed by atoms with Crippen LogP contribution in [0.25, 0.3) is 0 Å². The van der Waals surface area contributed by atoms with E-state index in [1.165, 1.54) is 0 Å². The largest absolute Gasteiger partial charge is 0.496 e. The van der Waals surface area contributed by atoms with Gasteiger partial charge in [-0.2, -0.15) is 0 Å². The molecule has 21 heavy (non-hydrogen) atoms. The summed E-state index contributed by atoms with van der Waals surface area (Å²) < 4.78 is 6.39. The van der Waals surface area contributed by atoms with Gasteiger partial charge in [0.25, 0.3) is 0 Å². The van der Waals surface area contributed by atoms with Crippen molar-refractivity contribution in [3.63, 3.8) is 0 Å². The second kappa shape index (κ2) is 5.53. The van der Waals surface area contributed by atoms with Crippen LogP contribution in [-0.4, -0.2) is 13.0 Å². The van der Waals surface area contributed by atoms with Crippen LogP contribution in [0.2, 0.25) is 0 Å². The molecule has 0 aromatic heterocycles. The molecule has 2 aromatic carbocycles. The normalized spacial score (nSPS) is 16.5. The SMILES string of the molecule is COc1ccc(Br)cc1C[C@@H]1C(=O)Nc2ccc(C)cc21. The molecule has 0 unspecified atom stereocenters. The minimum Gasteiger partial charge on any atom is -0.496 e. The Bertz CT molecular complexity index is 712. The molecular formula is C17H16BrNO2. The molecule has 2 aromatic rings. The number of hydrogen-bond donors (Lipinski definition) is 1. The number of methoxy groups -OCH3 is 1. The van der Waals surface area contributed by atoms with E-state index in [2.05, 4.69) is 27.3 Å². The Morgan fingerprint density at radius 1 is 1.24 bits per heavy atom. The number of hydrogen-bond acceptors (Lipinski definition) is 2. The van der Waals surface area contributed by atoms with E-state index < -0.39 is 0 Å². The van der Waals surface area contributed by atoms with Gasteiger partial charge in [0.1, 0.15) is 5.75 Å². The molecule has 1 aliphatic rings. The molecule has 108 valence electrons. The zero-order valence-corrected chi connectivity index (χ0v) is 13.5. The highest BCUT2D eigenvalue weighted by atomic mass is 79.9. The van der Waals surface area contributed by atoms with E-state index in [-0.39, 0.29) is 11.8 Å². The fourth-order valence-corrected chi connectivity index (χ4v) is 3.18. The Kier molecular flexibility index (Phi) is 3.72. The minimum absolute atomic E-state index is 0.0534. The number of carbonyl (C=O) groups excluding carboxylic acids is 1. The van der Waals surface area contributed by atoms with Gasteiger partial charge in [0.05, 0.1) is 13.0 Å². The molecular weight excluding hydrogens is 330 g/mol. The van der Waals surface area contributed by atoms with E-state index in [9.17, 15) is 4.79 Å². The van der Waals surface area contributed by atoms with Crippen molar-refractivity contribution in [1.82, 2.24) is 0 Å². The van der Waals surface area contributed by atoms with E-state index in [4.69, 9.17) is 4.74 Å². The lowest BCUT2D eigenvalue weighted by atomic mass is 9.92. The van der Waals surface area contributed by atoms with Gasteiger partial charge in [-0.1, -0.05) is 33.6 Å². The molecule has 1 N–H and O–H groups in total. The number of amides is 1. The summed E-state index contributed by atoms with van der Waals surface area (Å²) in [4.78, 5) is 12.3. The van der Waals surface area contributed by atoms with Crippen molar-refractivity contribution >= 4 is 27.5 Å². The second-order valence-electron chi connectivity index (χ2n) is 5.29. The van der Waals surface area contributed by atoms with Crippen molar-refractivity contribution in [1.29, 1.82) is 0 Å². The maximum absolute atomic E-state index is 12.3. The summed E-state index contributed by atoms with van der Waals surface area (Å²) in [7, 11) is 1.65. The number of benzene rings is 2. The standard InChI is InChI=1S/C17H16BrNO2/c1-10-3-5-15-13(7-10)14(17(20)19-15)9-11-8-12(18)4-6-16(11)21-2/h3-8,14H,9H2,1-2H3,(H,19,20)/t14-/m0/s1. The van der Waals surface area contributed by atoms with E-state index in [1.807, 2.05) is 37.3 Å². The first kappa shape index (κ1) is 14.1. The summed E-state index contributed by atoms with van der Waals surface area (Å²) in [5.74, 6) is 0.702. The van der Waals surface area contributed by atoms with Gasteiger partial charge >= 0.3 is 0 Å². The zero-order valence-electron chi connectivity index (χ0n) is 11.9. The molecule has 1 amide bonds. The molecule has 0 fully saturated rings. The average molecular weight is 346 g/mol. The number of carbonyl (C=O) groups is 1. The van der Waals surface area contributed by atoms with Crippen LogP contribution in [0.1, 0.15) is 22.6 Å². The van der Waals surface area contributed by atoms with Gasteiger partial charge in [-0.25, -0.2) is 0 Å². The Labute approximate surface area is 132 Å². The highest BCUT2D eigenvalue weighted by Gasteiger charge is 2.31. The van der Waals surface area contributed by atoms with Crippen LogP contribution in [-0.2, 0) is 11.2 Å². The molecule has 0 aliphatic carbocycles. The third-order valence-electron chi connectivity index (χ3n) is 3.82. The average Bonchev–Trinajstić information content (AvgIpc) is 2.75. The van der Waals surface area contributed by atoms with Crippen molar-refractivity contribution < 1.29 is 9.53 Å². The van der Waals surface area contributed by atoms with Gasteiger partial charge in [0, 0.05) is 10.2 Å². The van der Waals surface area contributed by atoms with Gasteiger partial charge < -0.3 is 10.1 Å². The molecule has 3 nitrogen and oxygen atoms in total. The summed E-state index contributed by atoms with van der Waals surface area (Å²) in [6.07, 6.45) is 0.630. The first-order valence-electron chi connectivity index (χ1n) is 6.82. The highest BCUT2D eigenvalue weighted by Crippen LogP contribution is 2.37. The van der Waals surface area contributed by atoms with Crippen LogP contribution in [0, 0.1) is 6.92 Å². The lowest BCUT2D eigenvalue weighted by molar-refractivity contribution is -0.117. The third-order valence-corrected chi connectivity index (χ3v) is 4.32. The summed E-state index contributed by atoms with van der Waals surface area (Å²) in [5.41, 5.74) is 4.18. The van der Waals surface area contributed by atoms with E-state index in [1.54, 1.807) is 7.11 Å². The van der Waals surface area contributed by atoms with Crippen LogP contribution < -0.4 is 10.1 Å². The first-order chi connectivity index (χ1) is 10.1. The molecule has 0 bridgehead atoms. The monoisotopic (exact) mass is 345 g/mol. The minimum atomic E-state index is -0.164. The number of aryl methyl sites for hydroxylation is 1. The predicted molar refractivity (Wildman–Crippen MR) is 86.9 cm³/mol. The predicted octanol–water partition coefficient (Wildman–Crippen LogP) is 4.04. The Balaban J connectivity index is 1.98. The Hall–Kier alpha value is -1.81. The second-order valence-corrected chi connectivity index (χ2v) is 6.21. The molecule has 3 rings (SSSR count). The smallest absolute Gasteiger partial charge is 0.232 e. The first-order valence-corrected chi connectivity index (χ1v) is 7.61. The fraction of sp³-hybridized carbons (Fsp3) is 0.235. The lowest BCUT2D eigenvalue weighted by Gasteiger charge is -2.13. The van der Waals surface area contributed by atoms with Crippen molar-refractivity contribution in [2.45, 2.75) is 19.3 Å². The summed E-state index contributed by atoms with van der Waals surface area (Å²) in [5, 5.41) is 2.96. The van der Waals surface area contributed by atoms with Crippen LogP contribution >= 0.6 is 15.9 Å². The molecule has 1 aliphatic heterocycles. The molecule has 0 saturated carbocycles. The summed E-state index contributed by atoms with van der Waals surface area (Å²) in [6, 6.07) is 11.9. The van der Waals surface area contributed by atoms with Crippen molar-refractivity contribution in [3.05, 3.63) is 57.6 Å². The number of nitrogens with one attached hydrogen (secondary N) is 1. The maximum Gasteiger partial charge on any atom is 0.232 e. The van der Waals surface area contributed by atoms with Crippen LogP contribution in [0.3, 0.4) is 0 Å². The number of fused-ring (bicyclic) bond motifs is 1. The third kappa shape index (κ3) is 2.68. The molecule has 1 atom stereocenters. The van der Waals surface area contributed by atoms with Gasteiger partial charge in [-0.15, -0.1) is 0 Å². The molecule has 4 heteroatoms. The Morgan fingerprint density at radius 3 is 2.81 bits per heavy atom. The zero-order chi connectivity index (χ0) is 15.0. The highest BCUT2D eigenvalue weighted by molar-refractivity contribution is 9.10. The van der Waals surface area contributed by atoms with Gasteiger partial charge in [-0.05, 0) is 48.7 Å². The van der Waals surface area contributed by atoms with Gasteiger partial charge in [-0.3, -0.25) is 4.79 Å². The number of anilines is 1. The van der Waals surface area contributed by atoms with Crippen LogP contribution in [0.15, 0.2) is 40.9 Å². The van der Waals surface area contributed by atoms with E-state index in [0.29, 0.717) is 6.42 Å². The maximum atomic E-state index is 12.3. The van der Waals surface area contributed by atoms with E-state index >= 15 is 0 Å². The van der Waals surface area contributed by atoms with Gasteiger partial charge in [0.2, 0.25) is 5.91 Å². The molecule has 1 heterocycles. The summed E-state index contributed by atoms with van der Waals surface area (Å²) >= 11 is 3.48. The number of halogens is 1. The molecule has 0 radical (unpaired) electrons.